The Morgan fingerprint density at radius 1 is 1.28 bits per heavy atom. The predicted octanol–water partition coefficient (Wildman–Crippen LogP) is 4.67. The molecule has 6 heteroatoms. The van der Waals surface area contributed by atoms with E-state index < -0.39 is 0 Å². The van der Waals surface area contributed by atoms with Crippen LogP contribution in [0.2, 0.25) is 10.0 Å². The molecule has 2 aromatic rings. The molecule has 0 radical (unpaired) electrons. The summed E-state index contributed by atoms with van der Waals surface area (Å²) in [6.07, 6.45) is 2.35. The van der Waals surface area contributed by atoms with Crippen molar-refractivity contribution in [2.45, 2.75) is 24.9 Å². The first-order chi connectivity index (χ1) is 8.70. The van der Waals surface area contributed by atoms with E-state index in [2.05, 4.69) is 22.1 Å². The molecular weight excluding hydrogens is 289 g/mol. The summed E-state index contributed by atoms with van der Waals surface area (Å²) >= 11 is 13.5. The van der Waals surface area contributed by atoms with E-state index in [9.17, 15) is 0 Å². The van der Waals surface area contributed by atoms with Gasteiger partial charge in [0, 0.05) is 11.3 Å². The quantitative estimate of drug-likeness (QED) is 0.644. The second kappa shape index (κ2) is 6.45. The van der Waals surface area contributed by atoms with Crippen LogP contribution in [0.15, 0.2) is 23.4 Å². The molecule has 18 heavy (non-hydrogen) atoms. The minimum absolute atomic E-state index is 0.519. The van der Waals surface area contributed by atoms with E-state index in [1.54, 1.807) is 23.9 Å². The third kappa shape index (κ3) is 3.40. The molecule has 0 saturated carbocycles. The van der Waals surface area contributed by atoms with Crippen LogP contribution in [0.1, 0.15) is 19.8 Å². The van der Waals surface area contributed by atoms with Crippen LogP contribution < -0.4 is 0 Å². The van der Waals surface area contributed by atoms with Crippen LogP contribution in [0, 0.1) is 0 Å². The maximum absolute atomic E-state index is 5.97. The summed E-state index contributed by atoms with van der Waals surface area (Å²) in [4.78, 5) is 4.42. The van der Waals surface area contributed by atoms with E-state index in [0.29, 0.717) is 15.9 Å². The van der Waals surface area contributed by atoms with Gasteiger partial charge in [0.2, 0.25) is 5.16 Å². The normalized spacial score (nSPS) is 10.8. The summed E-state index contributed by atoms with van der Waals surface area (Å²) < 4.78 is 0. The molecule has 2 rings (SSSR count). The highest BCUT2D eigenvalue weighted by molar-refractivity contribution is 7.99. The van der Waals surface area contributed by atoms with E-state index >= 15 is 0 Å². The molecule has 1 heterocycles. The third-order valence-electron chi connectivity index (χ3n) is 2.39. The standard InChI is InChI=1S/C12H13Cl2N3S/c1-2-3-6-18-12-15-11(16-17-12)8-4-5-9(13)10(14)7-8/h4-5,7H,2-3,6H2,1H3,(H,15,16,17). The summed E-state index contributed by atoms with van der Waals surface area (Å²) in [6.45, 7) is 2.17. The lowest BCUT2D eigenvalue weighted by Gasteiger charge is -1.98. The SMILES string of the molecule is CCCCSc1n[nH]c(-c2ccc(Cl)c(Cl)c2)n1. The Hall–Kier alpha value is -0.710. The van der Waals surface area contributed by atoms with Gasteiger partial charge in [-0.25, -0.2) is 4.98 Å². The highest BCUT2D eigenvalue weighted by Gasteiger charge is 2.07. The van der Waals surface area contributed by atoms with E-state index in [4.69, 9.17) is 23.2 Å². The zero-order valence-electron chi connectivity index (χ0n) is 9.91. The Morgan fingerprint density at radius 2 is 2.11 bits per heavy atom. The van der Waals surface area contributed by atoms with Crippen molar-refractivity contribution in [3.63, 3.8) is 0 Å². The molecule has 0 amide bonds. The molecule has 0 atom stereocenters. The molecule has 1 aromatic heterocycles. The lowest BCUT2D eigenvalue weighted by molar-refractivity contribution is 0.889. The second-order valence-electron chi connectivity index (χ2n) is 3.80. The fourth-order valence-corrected chi connectivity index (χ4v) is 2.57. The number of halogens is 2. The zero-order chi connectivity index (χ0) is 13.0. The molecule has 0 saturated heterocycles. The zero-order valence-corrected chi connectivity index (χ0v) is 12.2. The monoisotopic (exact) mass is 301 g/mol. The largest absolute Gasteiger partial charge is 0.258 e. The van der Waals surface area contributed by atoms with Gasteiger partial charge >= 0.3 is 0 Å². The van der Waals surface area contributed by atoms with Gasteiger partial charge in [-0.15, -0.1) is 5.10 Å². The van der Waals surface area contributed by atoms with E-state index in [-0.39, 0.29) is 0 Å². The summed E-state index contributed by atoms with van der Waals surface area (Å²) in [5.41, 5.74) is 0.888. The highest BCUT2D eigenvalue weighted by Crippen LogP contribution is 2.27. The molecule has 0 unspecified atom stereocenters. The third-order valence-corrected chi connectivity index (χ3v) is 4.06. The van der Waals surface area contributed by atoms with Gasteiger partial charge in [-0.05, 0) is 24.6 Å². The first-order valence-corrected chi connectivity index (χ1v) is 7.45. The van der Waals surface area contributed by atoms with E-state index in [1.807, 2.05) is 6.07 Å². The minimum Gasteiger partial charge on any atom is -0.258 e. The van der Waals surface area contributed by atoms with Gasteiger partial charge in [0.05, 0.1) is 10.0 Å². The van der Waals surface area contributed by atoms with Crippen molar-refractivity contribution in [1.82, 2.24) is 15.2 Å². The summed E-state index contributed by atoms with van der Waals surface area (Å²) in [5, 5.41) is 8.91. The van der Waals surface area contributed by atoms with Crippen LogP contribution in [0.5, 0.6) is 0 Å². The summed E-state index contributed by atoms with van der Waals surface area (Å²) in [6, 6.07) is 5.41. The topological polar surface area (TPSA) is 41.6 Å². The van der Waals surface area contributed by atoms with Gasteiger partial charge < -0.3 is 0 Å². The van der Waals surface area contributed by atoms with Crippen molar-refractivity contribution in [3.05, 3.63) is 28.2 Å². The van der Waals surface area contributed by atoms with Crippen LogP contribution >= 0.6 is 35.0 Å². The van der Waals surface area contributed by atoms with Crippen molar-refractivity contribution >= 4 is 35.0 Å². The van der Waals surface area contributed by atoms with Crippen LogP contribution in [0.3, 0.4) is 0 Å². The van der Waals surface area contributed by atoms with Crippen molar-refractivity contribution in [3.8, 4) is 11.4 Å². The lowest BCUT2D eigenvalue weighted by Crippen LogP contribution is -1.82. The van der Waals surface area contributed by atoms with E-state index in [0.717, 1.165) is 16.5 Å². The van der Waals surface area contributed by atoms with Crippen LogP contribution in [-0.4, -0.2) is 20.9 Å². The Kier molecular flexibility index (Phi) is 4.92. The number of H-pyrrole nitrogens is 1. The van der Waals surface area contributed by atoms with Crippen molar-refractivity contribution < 1.29 is 0 Å². The van der Waals surface area contributed by atoms with Gasteiger partial charge in [0.25, 0.3) is 0 Å². The fourth-order valence-electron chi connectivity index (χ4n) is 1.39. The Labute approximate surface area is 120 Å². The van der Waals surface area contributed by atoms with Gasteiger partial charge in [-0.2, -0.15) is 0 Å². The number of thioether (sulfide) groups is 1. The van der Waals surface area contributed by atoms with Crippen LogP contribution in [0.4, 0.5) is 0 Å². The highest BCUT2D eigenvalue weighted by atomic mass is 35.5. The lowest BCUT2D eigenvalue weighted by atomic mass is 10.2. The Bertz CT molecular complexity index is 528. The van der Waals surface area contributed by atoms with Crippen molar-refractivity contribution in [2.24, 2.45) is 0 Å². The summed E-state index contributed by atoms with van der Waals surface area (Å²) in [5.74, 6) is 1.75. The maximum atomic E-state index is 5.97. The number of unbranched alkanes of at least 4 members (excludes halogenated alkanes) is 1. The molecule has 0 fully saturated rings. The number of aromatic nitrogens is 3. The van der Waals surface area contributed by atoms with Gasteiger partial charge in [0.1, 0.15) is 0 Å². The number of nitrogens with zero attached hydrogens (tertiary/aromatic N) is 2. The molecule has 0 spiro atoms. The second-order valence-corrected chi connectivity index (χ2v) is 5.67. The number of nitrogens with one attached hydrogen (secondary N) is 1. The number of hydrogen-bond donors (Lipinski definition) is 1. The molecule has 0 aliphatic rings. The van der Waals surface area contributed by atoms with Crippen molar-refractivity contribution in [2.75, 3.05) is 5.75 Å². The molecule has 96 valence electrons. The molecule has 0 bridgehead atoms. The molecule has 1 aromatic carbocycles. The van der Waals surface area contributed by atoms with Gasteiger partial charge in [-0.3, -0.25) is 5.10 Å². The first kappa shape index (κ1) is 13.7. The average Bonchev–Trinajstić information content (AvgIpc) is 2.82. The minimum atomic E-state index is 0.519. The number of aromatic amines is 1. The molecular formula is C12H13Cl2N3S. The van der Waals surface area contributed by atoms with Gasteiger partial charge in [0.15, 0.2) is 5.82 Å². The smallest absolute Gasteiger partial charge is 0.208 e. The predicted molar refractivity (Wildman–Crippen MR) is 77.5 cm³/mol. The number of rotatable bonds is 5. The fraction of sp³-hybridized carbons (Fsp3) is 0.333. The van der Waals surface area contributed by atoms with Crippen LogP contribution in [-0.2, 0) is 0 Å². The Morgan fingerprint density at radius 3 is 2.83 bits per heavy atom. The summed E-state index contributed by atoms with van der Waals surface area (Å²) in [7, 11) is 0. The van der Waals surface area contributed by atoms with Gasteiger partial charge in [-0.1, -0.05) is 48.3 Å². The molecule has 1 N–H and O–H groups in total. The molecule has 0 aliphatic heterocycles. The van der Waals surface area contributed by atoms with Crippen molar-refractivity contribution in [1.29, 1.82) is 0 Å². The number of hydrogen-bond acceptors (Lipinski definition) is 3. The first-order valence-electron chi connectivity index (χ1n) is 5.71. The molecule has 0 aliphatic carbocycles. The molecule has 3 nitrogen and oxygen atoms in total. The van der Waals surface area contributed by atoms with Crippen LogP contribution in [0.25, 0.3) is 11.4 Å². The maximum Gasteiger partial charge on any atom is 0.208 e. The average molecular weight is 302 g/mol. The van der Waals surface area contributed by atoms with E-state index in [1.165, 1.54) is 12.8 Å². The number of benzene rings is 1. The Balaban J connectivity index is 2.11.